The monoisotopic (exact) mass is 908 g/mol. The van der Waals surface area contributed by atoms with Crippen molar-refractivity contribution in [2.75, 3.05) is 6.61 Å². The van der Waals surface area contributed by atoms with Crippen LogP contribution >= 0.6 is 7.82 Å². The van der Waals surface area contributed by atoms with Crippen molar-refractivity contribution in [1.82, 2.24) is 5.32 Å². The fourth-order valence-electron chi connectivity index (χ4n) is 8.67. The molecule has 0 aromatic heterocycles. The van der Waals surface area contributed by atoms with Gasteiger partial charge in [-0.25, -0.2) is 4.57 Å². The molecule has 0 spiro atoms. The third-order valence-corrected chi connectivity index (χ3v) is 13.9. The summed E-state index contributed by atoms with van der Waals surface area (Å²) in [7, 11) is -5.05. The van der Waals surface area contributed by atoms with Gasteiger partial charge < -0.3 is 40.8 Å². The van der Waals surface area contributed by atoms with Gasteiger partial charge in [0.1, 0.15) is 36.6 Å². The minimum Gasteiger partial charge on any atom is -0.391 e. The number of phosphoric acid groups is 1. The fraction of sp³-hybridized carbons (Fsp3) is 0.980. The van der Waals surface area contributed by atoms with E-state index in [1.165, 1.54) is 173 Å². The number of phosphoric ester groups is 1. The quantitative estimate of drug-likeness (QED) is 0.0213. The number of amides is 1. The number of carbonyl (C=O) groups excluding carboxylic acids is 1. The van der Waals surface area contributed by atoms with Crippen LogP contribution in [0.5, 0.6) is 0 Å². The summed E-state index contributed by atoms with van der Waals surface area (Å²) in [5, 5.41) is 64.3. The van der Waals surface area contributed by atoms with Crippen LogP contribution in [-0.2, 0) is 18.4 Å². The van der Waals surface area contributed by atoms with Gasteiger partial charge in [0.2, 0.25) is 5.91 Å². The molecule has 9 atom stereocenters. The first-order chi connectivity index (χ1) is 29.9. The van der Waals surface area contributed by atoms with E-state index in [0.717, 1.165) is 38.5 Å². The SMILES string of the molecule is CCCCCCCCCCCCCCCCCCCCCC(=O)N[C@@H](COP(=O)(O)OC1C(O)C(O)C(O)[C@@H](O)C1O)[C@H](O)CCCCCCCCCCCCCCCCCC. The zero-order valence-corrected chi connectivity index (χ0v) is 40.6. The van der Waals surface area contributed by atoms with Crippen LogP contribution in [0, 0.1) is 0 Å². The number of nitrogens with one attached hydrogen (secondary N) is 1. The van der Waals surface area contributed by atoms with Crippen molar-refractivity contribution < 1.29 is 53.9 Å². The van der Waals surface area contributed by atoms with Crippen LogP contribution < -0.4 is 5.32 Å². The lowest BCUT2D eigenvalue weighted by atomic mass is 9.85. The first kappa shape index (κ1) is 59.4. The molecule has 0 aromatic carbocycles. The zero-order valence-electron chi connectivity index (χ0n) is 39.7. The number of aliphatic hydroxyl groups is 6. The lowest BCUT2D eigenvalue weighted by molar-refractivity contribution is -0.220. The second-order valence-corrected chi connectivity index (χ2v) is 20.1. The fourth-order valence-corrected chi connectivity index (χ4v) is 9.64. The summed E-state index contributed by atoms with van der Waals surface area (Å²) in [6.45, 7) is 3.92. The summed E-state index contributed by atoms with van der Waals surface area (Å²) in [5.41, 5.74) is 0. The smallest absolute Gasteiger partial charge is 0.391 e. The number of hydrogen-bond acceptors (Lipinski definition) is 10. The molecule has 1 saturated carbocycles. The Balaban J connectivity index is 2.39. The van der Waals surface area contributed by atoms with Gasteiger partial charge in [0.05, 0.1) is 18.8 Å². The average molecular weight is 908 g/mol. The number of carbonyl (C=O) groups is 1. The van der Waals surface area contributed by atoms with Crippen molar-refractivity contribution in [3.05, 3.63) is 0 Å². The Morgan fingerprint density at radius 1 is 0.484 bits per heavy atom. The van der Waals surface area contributed by atoms with Gasteiger partial charge in [-0.2, -0.15) is 0 Å². The number of unbranched alkanes of at least 4 members (excludes halogenated alkanes) is 33. The van der Waals surface area contributed by atoms with E-state index in [1.54, 1.807) is 0 Å². The van der Waals surface area contributed by atoms with Crippen molar-refractivity contribution >= 4 is 13.7 Å². The molecule has 1 aliphatic rings. The topological polar surface area (TPSA) is 206 Å². The molecule has 0 saturated heterocycles. The molecule has 1 amide bonds. The van der Waals surface area contributed by atoms with Gasteiger partial charge in [-0.05, 0) is 12.8 Å². The maximum absolute atomic E-state index is 13.0. The normalized spacial score (nSPS) is 22.4. The highest BCUT2D eigenvalue weighted by atomic mass is 31.2. The van der Waals surface area contributed by atoms with Crippen LogP contribution in [0.3, 0.4) is 0 Å². The van der Waals surface area contributed by atoms with Crippen LogP contribution in [-0.4, -0.2) is 96.8 Å². The first-order valence-electron chi connectivity index (χ1n) is 26.0. The molecule has 1 fully saturated rings. The van der Waals surface area contributed by atoms with Gasteiger partial charge in [-0.1, -0.05) is 232 Å². The van der Waals surface area contributed by atoms with Gasteiger partial charge in [-0.3, -0.25) is 13.8 Å². The van der Waals surface area contributed by atoms with Crippen molar-refractivity contribution in [3.8, 4) is 0 Å². The zero-order chi connectivity index (χ0) is 45.7. The van der Waals surface area contributed by atoms with E-state index in [-0.39, 0.29) is 12.3 Å². The third kappa shape index (κ3) is 30.5. The molecule has 0 radical (unpaired) electrons. The summed E-state index contributed by atoms with van der Waals surface area (Å²) in [6.07, 6.45) is 31.3. The Kier molecular flexibility index (Phi) is 37.8. The maximum atomic E-state index is 13.0. The molecule has 12 nitrogen and oxygen atoms in total. The van der Waals surface area contributed by atoms with Crippen LogP contribution in [0.4, 0.5) is 0 Å². The molecule has 6 unspecified atom stereocenters. The Morgan fingerprint density at radius 2 is 0.774 bits per heavy atom. The summed E-state index contributed by atoms with van der Waals surface area (Å²) >= 11 is 0. The summed E-state index contributed by atoms with van der Waals surface area (Å²) in [4.78, 5) is 23.5. The lowest BCUT2D eigenvalue weighted by Crippen LogP contribution is -2.64. The van der Waals surface area contributed by atoms with Gasteiger partial charge in [-0.15, -0.1) is 0 Å². The van der Waals surface area contributed by atoms with Gasteiger partial charge >= 0.3 is 7.82 Å². The summed E-state index contributed by atoms with van der Waals surface area (Å²) in [6, 6.07) is -1.03. The number of rotatable bonds is 44. The molecule has 0 heterocycles. The molecule has 0 aromatic rings. The Morgan fingerprint density at radius 3 is 1.11 bits per heavy atom. The van der Waals surface area contributed by atoms with Crippen LogP contribution in [0.25, 0.3) is 0 Å². The third-order valence-electron chi connectivity index (χ3n) is 12.9. The number of hydrogen-bond donors (Lipinski definition) is 8. The van der Waals surface area contributed by atoms with Crippen LogP contribution in [0.2, 0.25) is 0 Å². The molecule has 370 valence electrons. The highest BCUT2D eigenvalue weighted by Crippen LogP contribution is 2.47. The van der Waals surface area contributed by atoms with E-state index in [2.05, 4.69) is 19.2 Å². The maximum Gasteiger partial charge on any atom is 0.472 e. The van der Waals surface area contributed by atoms with E-state index in [4.69, 9.17) is 9.05 Å². The standard InChI is InChI=1S/C49H98NO11P/c1-3-5-7-9-11-13-15-17-19-21-22-23-25-27-29-31-33-35-37-39-43(52)50-41(40-60-62(58,59)61-49-47(56)45(54)44(53)46(55)48(49)57)42(51)38-36-34-32-30-28-26-24-20-18-16-14-12-10-8-6-4-2/h41-42,44-49,51,53-57H,3-40H2,1-2H3,(H,50,52)(H,58,59)/t41-,42+,44?,45+,46?,47?,48?,49?/m0/s1. The second-order valence-electron chi connectivity index (χ2n) is 18.7. The molecule has 0 aliphatic heterocycles. The second kappa shape index (κ2) is 39.5. The lowest BCUT2D eigenvalue weighted by Gasteiger charge is -2.41. The molecule has 1 aliphatic carbocycles. The predicted molar refractivity (Wildman–Crippen MR) is 251 cm³/mol. The molecule has 62 heavy (non-hydrogen) atoms. The predicted octanol–water partition coefficient (Wildman–Crippen LogP) is 10.6. The molecule has 8 N–H and O–H groups in total. The Labute approximate surface area is 378 Å². The van der Waals surface area contributed by atoms with Crippen molar-refractivity contribution in [2.45, 2.75) is 300 Å². The van der Waals surface area contributed by atoms with Crippen molar-refractivity contribution in [3.63, 3.8) is 0 Å². The van der Waals surface area contributed by atoms with Crippen LogP contribution in [0.15, 0.2) is 0 Å². The Bertz CT molecular complexity index is 1060. The van der Waals surface area contributed by atoms with E-state index < -0.39 is 63.2 Å². The molecular formula is C49H98NO11P. The van der Waals surface area contributed by atoms with Crippen molar-refractivity contribution in [1.29, 1.82) is 0 Å². The highest BCUT2D eigenvalue weighted by Gasteiger charge is 2.51. The largest absolute Gasteiger partial charge is 0.472 e. The van der Waals surface area contributed by atoms with Gasteiger partial charge in [0, 0.05) is 6.42 Å². The average Bonchev–Trinajstić information content (AvgIpc) is 3.25. The minimum atomic E-state index is -5.05. The molecule has 1 rings (SSSR count). The van der Waals surface area contributed by atoms with Crippen LogP contribution in [0.1, 0.15) is 251 Å². The minimum absolute atomic E-state index is 0.243. The van der Waals surface area contributed by atoms with E-state index in [1.807, 2.05) is 0 Å². The molecule has 13 heteroatoms. The first-order valence-corrected chi connectivity index (χ1v) is 27.5. The van der Waals surface area contributed by atoms with E-state index in [9.17, 15) is 44.9 Å². The van der Waals surface area contributed by atoms with Gasteiger partial charge in [0.25, 0.3) is 0 Å². The summed E-state index contributed by atoms with van der Waals surface area (Å²) in [5.74, 6) is -0.302. The molecule has 0 bridgehead atoms. The molecular weight excluding hydrogens is 810 g/mol. The van der Waals surface area contributed by atoms with Gasteiger partial charge in [0.15, 0.2) is 0 Å². The van der Waals surface area contributed by atoms with E-state index in [0.29, 0.717) is 19.3 Å². The number of aliphatic hydroxyl groups excluding tert-OH is 6. The van der Waals surface area contributed by atoms with Crippen molar-refractivity contribution in [2.24, 2.45) is 0 Å². The van der Waals surface area contributed by atoms with E-state index >= 15 is 0 Å². The highest BCUT2D eigenvalue weighted by molar-refractivity contribution is 7.47. The Hall–Kier alpha value is -0.660. The summed E-state index contributed by atoms with van der Waals surface area (Å²) < 4.78 is 23.0.